The summed E-state index contributed by atoms with van der Waals surface area (Å²) in [6.07, 6.45) is 0.403. The number of sulfone groups is 1. The van der Waals surface area contributed by atoms with Crippen LogP contribution in [-0.2, 0) is 9.84 Å². The first-order valence-electron chi connectivity index (χ1n) is 6.51. The molecule has 0 atom stereocenters. The van der Waals surface area contributed by atoms with Crippen molar-refractivity contribution in [3.63, 3.8) is 0 Å². The van der Waals surface area contributed by atoms with Crippen molar-refractivity contribution in [2.45, 2.75) is 13.3 Å². The molecule has 1 fully saturated rings. The molecule has 0 radical (unpaired) electrons. The van der Waals surface area contributed by atoms with E-state index in [4.69, 9.17) is 5.11 Å². The number of hydrogen-bond acceptors (Lipinski definition) is 5. The largest absolute Gasteiger partial charge is 0.478 e. The Morgan fingerprint density at radius 2 is 1.95 bits per heavy atom. The van der Waals surface area contributed by atoms with E-state index in [-0.39, 0.29) is 40.9 Å². The summed E-state index contributed by atoms with van der Waals surface area (Å²) in [4.78, 5) is 28.7. The van der Waals surface area contributed by atoms with E-state index < -0.39 is 15.8 Å². The normalized spacial score (nSPS) is 18.0. The molecule has 0 unspecified atom stereocenters. The van der Waals surface area contributed by atoms with Crippen LogP contribution in [0.25, 0.3) is 0 Å². The SMILES string of the molecule is Cc1nc(C(=O)N2CCCS(=O)(=O)CC2)ccc1C(=O)O. The summed E-state index contributed by atoms with van der Waals surface area (Å²) in [5.41, 5.74) is 0.442. The number of rotatable bonds is 2. The summed E-state index contributed by atoms with van der Waals surface area (Å²) < 4.78 is 23.1. The van der Waals surface area contributed by atoms with Crippen molar-refractivity contribution in [3.05, 3.63) is 29.1 Å². The molecule has 0 saturated carbocycles. The van der Waals surface area contributed by atoms with E-state index in [1.807, 2.05) is 0 Å². The molecule has 0 aliphatic carbocycles. The molecule has 7 nitrogen and oxygen atoms in total. The van der Waals surface area contributed by atoms with Crippen LogP contribution < -0.4 is 0 Å². The van der Waals surface area contributed by atoms with Gasteiger partial charge in [-0.05, 0) is 25.5 Å². The van der Waals surface area contributed by atoms with E-state index in [0.717, 1.165) is 0 Å². The van der Waals surface area contributed by atoms with Crippen molar-refractivity contribution in [1.29, 1.82) is 0 Å². The molecule has 1 amide bonds. The number of carboxylic acids is 1. The minimum absolute atomic E-state index is 0.0463. The first kappa shape index (κ1) is 15.4. The smallest absolute Gasteiger partial charge is 0.337 e. The van der Waals surface area contributed by atoms with Gasteiger partial charge in [0, 0.05) is 13.1 Å². The molecule has 0 spiro atoms. The first-order chi connectivity index (χ1) is 9.80. The Morgan fingerprint density at radius 3 is 2.57 bits per heavy atom. The Bertz CT molecular complexity index is 684. The van der Waals surface area contributed by atoms with Gasteiger partial charge in [-0.2, -0.15) is 0 Å². The van der Waals surface area contributed by atoms with Gasteiger partial charge in [0.25, 0.3) is 5.91 Å². The van der Waals surface area contributed by atoms with Crippen molar-refractivity contribution in [2.24, 2.45) is 0 Å². The molecular formula is C13H16N2O5S. The van der Waals surface area contributed by atoms with E-state index >= 15 is 0 Å². The van der Waals surface area contributed by atoms with Crippen molar-refractivity contribution < 1.29 is 23.1 Å². The average molecular weight is 312 g/mol. The molecule has 1 aromatic rings. The van der Waals surface area contributed by atoms with Gasteiger partial charge in [-0.1, -0.05) is 0 Å². The number of hydrogen-bond donors (Lipinski definition) is 1. The van der Waals surface area contributed by atoms with Crippen molar-refractivity contribution in [1.82, 2.24) is 9.88 Å². The Morgan fingerprint density at radius 1 is 1.24 bits per heavy atom. The van der Waals surface area contributed by atoms with E-state index in [9.17, 15) is 18.0 Å². The lowest BCUT2D eigenvalue weighted by Crippen LogP contribution is -2.34. The van der Waals surface area contributed by atoms with Gasteiger partial charge in [-0.3, -0.25) is 4.79 Å². The zero-order chi connectivity index (χ0) is 15.6. The van der Waals surface area contributed by atoms with Crippen LogP contribution in [0.5, 0.6) is 0 Å². The minimum Gasteiger partial charge on any atom is -0.478 e. The third-order valence-electron chi connectivity index (χ3n) is 3.38. The fourth-order valence-electron chi connectivity index (χ4n) is 2.21. The lowest BCUT2D eigenvalue weighted by atomic mass is 10.2. The third-order valence-corrected chi connectivity index (χ3v) is 5.09. The molecule has 1 aliphatic heterocycles. The molecule has 0 aromatic carbocycles. The fourth-order valence-corrected chi connectivity index (χ4v) is 3.48. The van der Waals surface area contributed by atoms with Crippen molar-refractivity contribution in [2.75, 3.05) is 24.6 Å². The second kappa shape index (κ2) is 5.80. The number of aryl methyl sites for hydroxylation is 1. The highest BCUT2D eigenvalue weighted by molar-refractivity contribution is 7.91. The molecule has 114 valence electrons. The van der Waals surface area contributed by atoms with Crippen LogP contribution >= 0.6 is 0 Å². The van der Waals surface area contributed by atoms with Gasteiger partial charge in [-0.25, -0.2) is 18.2 Å². The lowest BCUT2D eigenvalue weighted by Gasteiger charge is -2.19. The molecule has 2 heterocycles. The van der Waals surface area contributed by atoms with E-state index in [1.165, 1.54) is 24.0 Å². The minimum atomic E-state index is -3.09. The van der Waals surface area contributed by atoms with Gasteiger partial charge in [0.15, 0.2) is 9.84 Å². The number of carbonyl (C=O) groups excluding carboxylic acids is 1. The number of nitrogens with zero attached hydrogens (tertiary/aromatic N) is 2. The van der Waals surface area contributed by atoms with Crippen LogP contribution in [0, 0.1) is 6.92 Å². The number of carbonyl (C=O) groups is 2. The van der Waals surface area contributed by atoms with Crippen molar-refractivity contribution in [3.8, 4) is 0 Å². The third kappa shape index (κ3) is 3.57. The monoisotopic (exact) mass is 312 g/mol. The highest BCUT2D eigenvalue weighted by atomic mass is 32.2. The summed E-state index contributed by atoms with van der Waals surface area (Å²) in [5.74, 6) is -1.43. The number of amides is 1. The second-order valence-corrected chi connectivity index (χ2v) is 7.24. The molecule has 1 N–H and O–H groups in total. The molecule has 1 saturated heterocycles. The average Bonchev–Trinajstić information content (AvgIpc) is 2.58. The molecular weight excluding hydrogens is 296 g/mol. The van der Waals surface area contributed by atoms with Gasteiger partial charge in [0.1, 0.15) is 5.69 Å². The highest BCUT2D eigenvalue weighted by Gasteiger charge is 2.24. The van der Waals surface area contributed by atoms with Crippen LogP contribution in [0.4, 0.5) is 0 Å². The summed E-state index contributed by atoms with van der Waals surface area (Å²) in [6.45, 7) is 2.02. The van der Waals surface area contributed by atoms with Crippen LogP contribution in [0.2, 0.25) is 0 Å². The zero-order valence-electron chi connectivity index (χ0n) is 11.6. The molecule has 21 heavy (non-hydrogen) atoms. The summed E-state index contributed by atoms with van der Waals surface area (Å²) in [6, 6.07) is 2.70. The summed E-state index contributed by atoms with van der Waals surface area (Å²) in [5, 5.41) is 8.94. The fraction of sp³-hybridized carbons (Fsp3) is 0.462. The maximum atomic E-state index is 12.3. The maximum Gasteiger partial charge on any atom is 0.337 e. The number of pyridine rings is 1. The number of carboxylic acid groups (broad SMARTS) is 1. The van der Waals surface area contributed by atoms with Gasteiger partial charge < -0.3 is 10.0 Å². The van der Waals surface area contributed by atoms with Gasteiger partial charge in [0.2, 0.25) is 0 Å². The van der Waals surface area contributed by atoms with Crippen molar-refractivity contribution >= 4 is 21.7 Å². The standard InChI is InChI=1S/C13H16N2O5S/c1-9-10(13(17)18)3-4-11(14-9)12(16)15-5-2-7-21(19,20)8-6-15/h3-4H,2,5-8H2,1H3,(H,17,18). The van der Waals surface area contributed by atoms with Gasteiger partial charge in [-0.15, -0.1) is 0 Å². The Hall–Kier alpha value is -1.96. The topological polar surface area (TPSA) is 105 Å². The molecule has 8 heteroatoms. The highest BCUT2D eigenvalue weighted by Crippen LogP contribution is 2.12. The Balaban J connectivity index is 2.20. The summed E-state index contributed by atoms with van der Waals surface area (Å²) >= 11 is 0. The quantitative estimate of drug-likeness (QED) is 0.845. The predicted octanol–water partition coefficient (Wildman–Crippen LogP) is 0.349. The van der Waals surface area contributed by atoms with E-state index in [0.29, 0.717) is 13.0 Å². The van der Waals surface area contributed by atoms with Crippen LogP contribution in [0.3, 0.4) is 0 Å². The zero-order valence-corrected chi connectivity index (χ0v) is 12.4. The van der Waals surface area contributed by atoms with E-state index in [1.54, 1.807) is 0 Å². The van der Waals surface area contributed by atoms with Gasteiger partial charge >= 0.3 is 5.97 Å². The first-order valence-corrected chi connectivity index (χ1v) is 8.33. The van der Waals surface area contributed by atoms with Gasteiger partial charge in [0.05, 0.1) is 22.8 Å². The Kier molecular flexibility index (Phi) is 4.26. The number of aromatic carboxylic acids is 1. The maximum absolute atomic E-state index is 12.3. The Labute approximate surface area is 122 Å². The number of aromatic nitrogens is 1. The summed E-state index contributed by atoms with van der Waals surface area (Å²) in [7, 11) is -3.09. The molecule has 0 bridgehead atoms. The lowest BCUT2D eigenvalue weighted by molar-refractivity contribution is 0.0692. The second-order valence-electron chi connectivity index (χ2n) is 4.93. The van der Waals surface area contributed by atoms with Crippen LogP contribution in [0.15, 0.2) is 12.1 Å². The van der Waals surface area contributed by atoms with E-state index in [2.05, 4.69) is 4.98 Å². The molecule has 1 aromatic heterocycles. The molecule has 2 rings (SSSR count). The predicted molar refractivity (Wildman–Crippen MR) is 75.1 cm³/mol. The molecule has 1 aliphatic rings. The van der Waals surface area contributed by atoms with Crippen LogP contribution in [-0.4, -0.2) is 59.9 Å². The van der Waals surface area contributed by atoms with Crippen LogP contribution in [0.1, 0.15) is 33.0 Å².